The molecule has 0 spiro atoms. The standard InChI is InChI=1S/C15H16Cl2N2/c1-9-3-5-11(7-13(9)16)15(19-18)12-6-4-10(2)14(17)8-12/h3-8,15,19H,18H2,1-2H3. The van der Waals surface area contributed by atoms with Crippen LogP contribution in [0.1, 0.15) is 28.3 Å². The lowest BCUT2D eigenvalue weighted by Gasteiger charge is -2.18. The van der Waals surface area contributed by atoms with Gasteiger partial charge in [-0.15, -0.1) is 0 Å². The molecule has 0 aliphatic heterocycles. The van der Waals surface area contributed by atoms with Crippen molar-refractivity contribution >= 4 is 23.2 Å². The molecule has 2 aromatic rings. The van der Waals surface area contributed by atoms with E-state index in [4.69, 9.17) is 29.0 Å². The Morgan fingerprint density at radius 2 is 1.32 bits per heavy atom. The molecule has 3 N–H and O–H groups in total. The molecule has 19 heavy (non-hydrogen) atoms. The van der Waals surface area contributed by atoms with Crippen molar-refractivity contribution in [1.82, 2.24) is 5.43 Å². The third kappa shape index (κ3) is 3.10. The molecule has 0 atom stereocenters. The van der Waals surface area contributed by atoms with Crippen LogP contribution in [-0.4, -0.2) is 0 Å². The molecule has 0 saturated heterocycles. The minimum Gasteiger partial charge on any atom is -0.271 e. The summed E-state index contributed by atoms with van der Waals surface area (Å²) in [4.78, 5) is 0. The Bertz CT molecular complexity index is 545. The predicted molar refractivity (Wildman–Crippen MR) is 81.5 cm³/mol. The molecular weight excluding hydrogens is 279 g/mol. The van der Waals surface area contributed by atoms with E-state index in [2.05, 4.69) is 5.43 Å². The van der Waals surface area contributed by atoms with Crippen LogP contribution in [0.25, 0.3) is 0 Å². The third-order valence-electron chi connectivity index (χ3n) is 3.23. The molecule has 0 aliphatic carbocycles. The van der Waals surface area contributed by atoms with Gasteiger partial charge < -0.3 is 0 Å². The molecule has 0 radical (unpaired) electrons. The molecule has 2 rings (SSSR count). The summed E-state index contributed by atoms with van der Waals surface area (Å²) in [5, 5.41) is 1.46. The maximum absolute atomic E-state index is 6.16. The summed E-state index contributed by atoms with van der Waals surface area (Å²) in [6.45, 7) is 3.94. The normalized spacial score (nSPS) is 11.1. The van der Waals surface area contributed by atoms with Gasteiger partial charge in [0.1, 0.15) is 0 Å². The van der Waals surface area contributed by atoms with Crippen LogP contribution in [0.3, 0.4) is 0 Å². The van der Waals surface area contributed by atoms with E-state index in [1.807, 2.05) is 50.2 Å². The molecule has 0 amide bonds. The first-order valence-electron chi connectivity index (χ1n) is 6.01. The van der Waals surface area contributed by atoms with Crippen LogP contribution in [0, 0.1) is 13.8 Å². The molecule has 0 saturated carbocycles. The Balaban J connectivity index is 2.43. The van der Waals surface area contributed by atoms with E-state index in [0.717, 1.165) is 32.3 Å². The largest absolute Gasteiger partial charge is 0.271 e. The van der Waals surface area contributed by atoms with Gasteiger partial charge in [-0.25, -0.2) is 5.43 Å². The molecule has 4 heteroatoms. The maximum Gasteiger partial charge on any atom is 0.0711 e. The lowest BCUT2D eigenvalue weighted by atomic mass is 9.97. The highest BCUT2D eigenvalue weighted by Gasteiger charge is 2.14. The lowest BCUT2D eigenvalue weighted by Crippen LogP contribution is -2.28. The number of halogens is 2. The van der Waals surface area contributed by atoms with Crippen LogP contribution in [0.2, 0.25) is 10.0 Å². The number of aryl methyl sites for hydroxylation is 2. The van der Waals surface area contributed by atoms with E-state index in [9.17, 15) is 0 Å². The van der Waals surface area contributed by atoms with Crippen molar-refractivity contribution in [3.05, 3.63) is 68.7 Å². The van der Waals surface area contributed by atoms with Gasteiger partial charge in [-0.05, 0) is 48.2 Å². The number of hydrazine groups is 1. The first kappa shape index (κ1) is 14.4. The summed E-state index contributed by atoms with van der Waals surface area (Å²) >= 11 is 12.3. The summed E-state index contributed by atoms with van der Waals surface area (Å²) < 4.78 is 0. The molecule has 100 valence electrons. The molecule has 0 bridgehead atoms. The van der Waals surface area contributed by atoms with Gasteiger partial charge in [0.05, 0.1) is 6.04 Å². The molecule has 0 fully saturated rings. The van der Waals surface area contributed by atoms with Crippen LogP contribution in [-0.2, 0) is 0 Å². The average molecular weight is 295 g/mol. The quantitative estimate of drug-likeness (QED) is 0.659. The van der Waals surface area contributed by atoms with Gasteiger partial charge in [-0.2, -0.15) is 0 Å². The topological polar surface area (TPSA) is 38.0 Å². The van der Waals surface area contributed by atoms with Crippen LogP contribution in [0.4, 0.5) is 0 Å². The Hall–Kier alpha value is -1.06. The van der Waals surface area contributed by atoms with Gasteiger partial charge in [-0.1, -0.05) is 47.5 Å². The fourth-order valence-electron chi connectivity index (χ4n) is 1.96. The number of rotatable bonds is 3. The van der Waals surface area contributed by atoms with E-state index in [1.165, 1.54) is 0 Å². The summed E-state index contributed by atoms with van der Waals surface area (Å²) in [6.07, 6.45) is 0. The smallest absolute Gasteiger partial charge is 0.0711 e. The SMILES string of the molecule is Cc1ccc(C(NN)c2ccc(C)c(Cl)c2)cc1Cl. The van der Waals surface area contributed by atoms with Crippen LogP contribution in [0.5, 0.6) is 0 Å². The molecule has 0 unspecified atom stereocenters. The molecule has 0 aromatic heterocycles. The van der Waals surface area contributed by atoms with E-state index in [0.29, 0.717) is 0 Å². The van der Waals surface area contributed by atoms with Gasteiger partial charge in [0.15, 0.2) is 0 Å². The fourth-order valence-corrected chi connectivity index (χ4v) is 2.34. The zero-order valence-corrected chi connectivity index (χ0v) is 12.4. The highest BCUT2D eigenvalue weighted by atomic mass is 35.5. The van der Waals surface area contributed by atoms with Crippen molar-refractivity contribution in [2.75, 3.05) is 0 Å². The highest BCUT2D eigenvalue weighted by molar-refractivity contribution is 6.31. The Labute approximate surface area is 123 Å². The number of hydrogen-bond acceptors (Lipinski definition) is 2. The van der Waals surface area contributed by atoms with Gasteiger partial charge >= 0.3 is 0 Å². The zero-order valence-electron chi connectivity index (χ0n) is 10.9. The van der Waals surface area contributed by atoms with Gasteiger partial charge in [0.25, 0.3) is 0 Å². The molecule has 0 heterocycles. The van der Waals surface area contributed by atoms with Crippen molar-refractivity contribution in [1.29, 1.82) is 0 Å². The van der Waals surface area contributed by atoms with Crippen molar-refractivity contribution in [3.8, 4) is 0 Å². The number of hydrogen-bond donors (Lipinski definition) is 2. The lowest BCUT2D eigenvalue weighted by molar-refractivity contribution is 0.637. The number of benzene rings is 2. The average Bonchev–Trinajstić information content (AvgIpc) is 2.39. The van der Waals surface area contributed by atoms with E-state index >= 15 is 0 Å². The van der Waals surface area contributed by atoms with E-state index < -0.39 is 0 Å². The second-order valence-corrected chi connectivity index (χ2v) is 5.43. The van der Waals surface area contributed by atoms with Crippen molar-refractivity contribution in [2.45, 2.75) is 19.9 Å². The minimum absolute atomic E-state index is 0.129. The molecule has 2 nitrogen and oxygen atoms in total. The fraction of sp³-hybridized carbons (Fsp3) is 0.200. The summed E-state index contributed by atoms with van der Waals surface area (Å²) in [5.41, 5.74) is 6.92. The maximum atomic E-state index is 6.16. The molecule has 2 aromatic carbocycles. The van der Waals surface area contributed by atoms with E-state index in [1.54, 1.807) is 0 Å². The van der Waals surface area contributed by atoms with Crippen LogP contribution < -0.4 is 11.3 Å². The number of nitrogens with two attached hydrogens (primary N) is 1. The first-order chi connectivity index (χ1) is 9.02. The zero-order chi connectivity index (χ0) is 14.0. The second kappa shape index (κ2) is 5.93. The van der Waals surface area contributed by atoms with Crippen molar-refractivity contribution < 1.29 is 0 Å². The second-order valence-electron chi connectivity index (χ2n) is 4.62. The Morgan fingerprint density at radius 3 is 1.63 bits per heavy atom. The molecular formula is C15H16Cl2N2. The van der Waals surface area contributed by atoms with E-state index in [-0.39, 0.29) is 6.04 Å². The Kier molecular flexibility index (Phi) is 4.48. The third-order valence-corrected chi connectivity index (χ3v) is 4.04. The van der Waals surface area contributed by atoms with Crippen LogP contribution >= 0.6 is 23.2 Å². The summed E-state index contributed by atoms with van der Waals surface area (Å²) in [6, 6.07) is 11.7. The van der Waals surface area contributed by atoms with Gasteiger partial charge in [0, 0.05) is 10.0 Å². The molecule has 0 aliphatic rings. The summed E-state index contributed by atoms with van der Waals surface area (Å²) in [5.74, 6) is 5.68. The van der Waals surface area contributed by atoms with Crippen LogP contribution in [0.15, 0.2) is 36.4 Å². The van der Waals surface area contributed by atoms with Gasteiger partial charge in [-0.3, -0.25) is 5.84 Å². The van der Waals surface area contributed by atoms with Crippen molar-refractivity contribution in [3.63, 3.8) is 0 Å². The summed E-state index contributed by atoms with van der Waals surface area (Å²) in [7, 11) is 0. The van der Waals surface area contributed by atoms with Crippen molar-refractivity contribution in [2.24, 2.45) is 5.84 Å². The highest BCUT2D eigenvalue weighted by Crippen LogP contribution is 2.28. The monoisotopic (exact) mass is 294 g/mol. The number of nitrogens with one attached hydrogen (secondary N) is 1. The Morgan fingerprint density at radius 1 is 0.895 bits per heavy atom. The minimum atomic E-state index is -0.129. The predicted octanol–water partition coefficient (Wildman–Crippen LogP) is 4.16. The van der Waals surface area contributed by atoms with Gasteiger partial charge in [0.2, 0.25) is 0 Å². The first-order valence-corrected chi connectivity index (χ1v) is 6.76.